The minimum absolute atomic E-state index is 0.260. The van der Waals surface area contributed by atoms with E-state index in [2.05, 4.69) is 4.74 Å². The summed E-state index contributed by atoms with van der Waals surface area (Å²) >= 11 is 0. The van der Waals surface area contributed by atoms with Gasteiger partial charge in [0, 0.05) is 0 Å². The van der Waals surface area contributed by atoms with Gasteiger partial charge in [0.1, 0.15) is 12.2 Å². The molecule has 3 fully saturated rings. The molecular weight excluding hydrogens is 346 g/mol. The van der Waals surface area contributed by atoms with Gasteiger partial charge in [-0.25, -0.2) is 4.79 Å². The summed E-state index contributed by atoms with van der Waals surface area (Å²) in [6.07, 6.45) is -4.82. The lowest BCUT2D eigenvalue weighted by Crippen LogP contribution is -2.46. The van der Waals surface area contributed by atoms with Crippen LogP contribution in [0.3, 0.4) is 0 Å². The zero-order valence-corrected chi connectivity index (χ0v) is 12.8. The van der Waals surface area contributed by atoms with Gasteiger partial charge in [-0.05, 0) is 13.8 Å². The van der Waals surface area contributed by atoms with Crippen molar-refractivity contribution < 1.29 is 50.2 Å². The molecule has 0 aromatic rings. The summed E-state index contributed by atoms with van der Waals surface area (Å²) in [5.74, 6) is -3.52. The monoisotopic (exact) mass is 360 g/mol. The van der Waals surface area contributed by atoms with Crippen LogP contribution in [0.5, 0.6) is 0 Å². The Bertz CT molecular complexity index is 615. The molecule has 0 radical (unpaired) electrons. The predicted molar refractivity (Wildman–Crippen MR) is 64.8 cm³/mol. The molecule has 1 N–H and O–H groups in total. The molecule has 0 aromatic heterocycles. The molecule has 12 heteroatoms. The second kappa shape index (κ2) is 5.04. The lowest BCUT2D eigenvalue weighted by atomic mass is 10.1. The number of hydrogen-bond acceptors (Lipinski definition) is 8. The van der Waals surface area contributed by atoms with Crippen LogP contribution in [0.15, 0.2) is 0 Å². The van der Waals surface area contributed by atoms with Gasteiger partial charge < -0.3 is 23.7 Å². The molecule has 0 saturated carbocycles. The highest BCUT2D eigenvalue weighted by Crippen LogP contribution is 2.42. The third kappa shape index (κ3) is 2.94. The average molecular weight is 360 g/mol. The van der Waals surface area contributed by atoms with Gasteiger partial charge in [0.05, 0.1) is 6.61 Å². The molecule has 0 amide bonds. The Morgan fingerprint density at radius 3 is 2.43 bits per heavy atom. The molecule has 0 spiro atoms. The van der Waals surface area contributed by atoms with Crippen molar-refractivity contribution in [3.05, 3.63) is 0 Å². The van der Waals surface area contributed by atoms with Gasteiger partial charge in [0.2, 0.25) is 0 Å². The molecule has 3 aliphatic rings. The molecule has 132 valence electrons. The van der Waals surface area contributed by atoms with Crippen LogP contribution in [0, 0.1) is 0 Å². The molecule has 0 aliphatic carbocycles. The second-order valence-electron chi connectivity index (χ2n) is 5.80. The van der Waals surface area contributed by atoms with Gasteiger partial charge in [0.25, 0.3) is 0 Å². The molecule has 5 unspecified atom stereocenters. The number of carbonyl (C=O) groups excluding carboxylic acids is 1. The summed E-state index contributed by atoms with van der Waals surface area (Å²) in [4.78, 5) is 11.5. The van der Waals surface area contributed by atoms with Crippen molar-refractivity contribution in [3.8, 4) is 0 Å². The number of fused-ring (bicyclic) bond motifs is 1. The number of ether oxygens (including phenoxy) is 5. The first-order valence-corrected chi connectivity index (χ1v) is 8.05. The van der Waals surface area contributed by atoms with E-state index in [0.717, 1.165) is 0 Å². The van der Waals surface area contributed by atoms with Crippen molar-refractivity contribution >= 4 is 16.1 Å². The zero-order valence-electron chi connectivity index (χ0n) is 12.0. The van der Waals surface area contributed by atoms with E-state index < -0.39 is 57.8 Å². The average Bonchev–Trinajstić information content (AvgIpc) is 3.11. The highest BCUT2D eigenvalue weighted by Gasteiger charge is 2.63. The summed E-state index contributed by atoms with van der Waals surface area (Å²) < 4.78 is 82.3. The Kier molecular flexibility index (Phi) is 3.71. The summed E-state index contributed by atoms with van der Waals surface area (Å²) in [7, 11) is -5.96. The lowest BCUT2D eigenvalue weighted by molar-refractivity contribution is -0.223. The topological polar surface area (TPSA) is 121 Å². The molecule has 3 aliphatic heterocycles. The Labute approximate surface area is 129 Å². The van der Waals surface area contributed by atoms with E-state index in [-0.39, 0.29) is 6.61 Å². The summed E-state index contributed by atoms with van der Waals surface area (Å²) in [6, 6.07) is 0. The van der Waals surface area contributed by atoms with Crippen LogP contribution in [0.2, 0.25) is 0 Å². The molecule has 5 atom stereocenters. The van der Waals surface area contributed by atoms with E-state index in [1.165, 1.54) is 0 Å². The van der Waals surface area contributed by atoms with Gasteiger partial charge in [-0.2, -0.15) is 17.2 Å². The van der Waals surface area contributed by atoms with E-state index >= 15 is 0 Å². The van der Waals surface area contributed by atoms with Gasteiger partial charge in [-0.15, -0.1) is 0 Å². The quantitative estimate of drug-likeness (QED) is 0.407. The Morgan fingerprint density at radius 1 is 1.30 bits per heavy atom. The Morgan fingerprint density at radius 2 is 1.91 bits per heavy atom. The molecule has 3 heterocycles. The fourth-order valence-electron chi connectivity index (χ4n) is 2.48. The number of halogens is 2. The highest BCUT2D eigenvalue weighted by molar-refractivity contribution is 7.87. The molecule has 0 aromatic carbocycles. The number of hydrogen-bond donors (Lipinski definition) is 1. The largest absolute Gasteiger partial charge is 0.465 e. The summed E-state index contributed by atoms with van der Waals surface area (Å²) in [6.45, 7) is 3.35. The predicted octanol–water partition coefficient (Wildman–Crippen LogP) is -0.346. The van der Waals surface area contributed by atoms with Crippen LogP contribution in [0.4, 0.5) is 8.78 Å². The number of epoxide rings is 1. The first-order chi connectivity index (χ1) is 10.4. The highest BCUT2D eigenvalue weighted by atomic mass is 32.2. The number of esters is 1. The minimum atomic E-state index is -5.96. The summed E-state index contributed by atoms with van der Waals surface area (Å²) in [5.41, 5.74) is 0. The second-order valence-corrected chi connectivity index (χ2v) is 7.27. The normalized spacial score (nSPS) is 39.1. The fraction of sp³-hybridized carbons (Fsp3) is 0.909. The molecule has 3 rings (SSSR count). The lowest BCUT2D eigenvalue weighted by Gasteiger charge is -2.25. The van der Waals surface area contributed by atoms with Crippen molar-refractivity contribution in [2.75, 3.05) is 6.61 Å². The first kappa shape index (κ1) is 16.9. The van der Waals surface area contributed by atoms with Crippen molar-refractivity contribution in [3.63, 3.8) is 0 Å². The van der Waals surface area contributed by atoms with E-state index in [4.69, 9.17) is 23.5 Å². The van der Waals surface area contributed by atoms with E-state index in [1.807, 2.05) is 0 Å². The number of carbonyl (C=O) groups is 1. The van der Waals surface area contributed by atoms with Crippen LogP contribution in [0.1, 0.15) is 13.8 Å². The Balaban J connectivity index is 1.80. The van der Waals surface area contributed by atoms with Crippen molar-refractivity contribution in [1.29, 1.82) is 0 Å². The van der Waals surface area contributed by atoms with Gasteiger partial charge in [0.15, 0.2) is 24.3 Å². The van der Waals surface area contributed by atoms with Crippen molar-refractivity contribution in [1.82, 2.24) is 0 Å². The standard InChI is InChI=1S/C11H14F2O9S/c1-10(2)21-7-6(5(4-3-18-4)19-8(7)22-10)20-9(14)11(12,13)23(15,16)17/h4-8H,3H2,1-2H3,(H,15,16,17). The van der Waals surface area contributed by atoms with Gasteiger partial charge in [-0.1, -0.05) is 0 Å². The summed E-state index contributed by atoms with van der Waals surface area (Å²) in [5, 5.41) is -5.10. The van der Waals surface area contributed by atoms with Gasteiger partial charge >= 0.3 is 21.3 Å². The third-order valence-corrected chi connectivity index (χ3v) is 4.37. The third-order valence-electron chi connectivity index (χ3n) is 3.56. The van der Waals surface area contributed by atoms with Crippen molar-refractivity contribution in [2.45, 2.75) is 55.6 Å². The molecule has 9 nitrogen and oxygen atoms in total. The van der Waals surface area contributed by atoms with Crippen LogP contribution in [0.25, 0.3) is 0 Å². The molecule has 23 heavy (non-hydrogen) atoms. The van der Waals surface area contributed by atoms with E-state index in [1.54, 1.807) is 13.8 Å². The molecular formula is C11H14F2O9S. The van der Waals surface area contributed by atoms with Gasteiger partial charge in [-0.3, -0.25) is 4.55 Å². The number of rotatable bonds is 4. The fourth-order valence-corrected chi connectivity index (χ4v) is 2.74. The number of alkyl halides is 2. The van der Waals surface area contributed by atoms with E-state index in [9.17, 15) is 22.0 Å². The Hall–Kier alpha value is -0.920. The first-order valence-electron chi connectivity index (χ1n) is 6.61. The molecule has 0 bridgehead atoms. The minimum Gasteiger partial charge on any atom is -0.451 e. The maximum absolute atomic E-state index is 13.4. The van der Waals surface area contributed by atoms with E-state index in [0.29, 0.717) is 0 Å². The van der Waals surface area contributed by atoms with Crippen LogP contribution in [-0.2, 0) is 38.6 Å². The van der Waals surface area contributed by atoms with Crippen LogP contribution in [-0.4, -0.2) is 67.3 Å². The maximum atomic E-state index is 13.4. The smallest absolute Gasteiger partial charge is 0.451 e. The zero-order chi connectivity index (χ0) is 17.2. The SMILES string of the molecule is CC1(C)OC2OC(C3CO3)C(OC(=O)C(F)(F)S(=O)(=O)O)C2O1. The van der Waals surface area contributed by atoms with Crippen LogP contribution >= 0.6 is 0 Å². The maximum Gasteiger partial charge on any atom is 0.465 e. The van der Waals surface area contributed by atoms with Crippen LogP contribution < -0.4 is 0 Å². The molecule has 3 saturated heterocycles. The van der Waals surface area contributed by atoms with Crippen molar-refractivity contribution in [2.24, 2.45) is 0 Å².